The maximum atomic E-state index is 13.0. The first-order valence-electron chi connectivity index (χ1n) is 37.0. The van der Waals surface area contributed by atoms with E-state index in [4.69, 9.17) is 14.2 Å². The van der Waals surface area contributed by atoms with Crippen molar-refractivity contribution in [3.05, 3.63) is 36.5 Å². The first kappa shape index (κ1) is 79.6. The maximum Gasteiger partial charge on any atom is 0.306 e. The molecule has 0 aromatic rings. The molecule has 0 aliphatic heterocycles. The van der Waals surface area contributed by atoms with Gasteiger partial charge in [-0.3, -0.25) is 14.4 Å². The summed E-state index contributed by atoms with van der Waals surface area (Å²) in [6, 6.07) is 0. The molecule has 0 aromatic carbocycles. The molecule has 0 bridgehead atoms. The lowest BCUT2D eigenvalue weighted by Crippen LogP contribution is -2.30. The molecule has 0 radical (unpaired) electrons. The SMILES string of the molecule is CCCCCCC/C=C\C/C=C\C/C=C\CCCCCCCCCCCCCCC(=O)OCC(COC(=O)CCCCCCCCCCCCCCC)OC(=O)CCCCCCCCCCCCCCCCCCCCCCCCCC. The second-order valence-corrected chi connectivity index (χ2v) is 25.2. The van der Waals surface area contributed by atoms with Crippen molar-refractivity contribution in [2.75, 3.05) is 13.2 Å². The van der Waals surface area contributed by atoms with Crippen LogP contribution in [-0.2, 0) is 28.6 Å². The number of rotatable bonds is 69. The molecule has 0 aromatic heterocycles. The van der Waals surface area contributed by atoms with Gasteiger partial charge in [-0.15, -0.1) is 0 Å². The molecule has 1 unspecified atom stereocenters. The van der Waals surface area contributed by atoms with E-state index < -0.39 is 6.10 Å². The topological polar surface area (TPSA) is 78.9 Å². The van der Waals surface area contributed by atoms with E-state index in [1.165, 1.54) is 302 Å². The molecule has 82 heavy (non-hydrogen) atoms. The van der Waals surface area contributed by atoms with Crippen LogP contribution in [0.5, 0.6) is 0 Å². The lowest BCUT2D eigenvalue weighted by atomic mass is 10.0. The third kappa shape index (κ3) is 68.4. The zero-order valence-electron chi connectivity index (χ0n) is 55.5. The molecular weight excluding hydrogens is 1010 g/mol. The van der Waals surface area contributed by atoms with Gasteiger partial charge in [0.2, 0.25) is 0 Å². The average Bonchev–Trinajstić information content (AvgIpc) is 3.47. The van der Waals surface area contributed by atoms with Gasteiger partial charge in [-0.05, 0) is 57.8 Å². The Morgan fingerprint density at radius 1 is 0.244 bits per heavy atom. The van der Waals surface area contributed by atoms with Crippen molar-refractivity contribution in [2.45, 2.75) is 419 Å². The second-order valence-electron chi connectivity index (χ2n) is 25.2. The highest BCUT2D eigenvalue weighted by molar-refractivity contribution is 5.71. The Kier molecular flexibility index (Phi) is 69.1. The Balaban J connectivity index is 4.21. The number of esters is 3. The zero-order chi connectivity index (χ0) is 59.2. The average molecular weight is 1150 g/mol. The maximum absolute atomic E-state index is 13.0. The Morgan fingerprint density at radius 3 is 0.683 bits per heavy atom. The van der Waals surface area contributed by atoms with Gasteiger partial charge in [-0.2, -0.15) is 0 Å². The van der Waals surface area contributed by atoms with Crippen molar-refractivity contribution < 1.29 is 28.6 Å². The molecule has 0 aliphatic carbocycles. The molecule has 0 aliphatic rings. The van der Waals surface area contributed by atoms with Gasteiger partial charge in [0.1, 0.15) is 13.2 Å². The third-order valence-corrected chi connectivity index (χ3v) is 16.9. The van der Waals surface area contributed by atoms with Gasteiger partial charge < -0.3 is 14.2 Å². The summed E-state index contributed by atoms with van der Waals surface area (Å²) in [6.45, 7) is 6.71. The largest absolute Gasteiger partial charge is 0.462 e. The van der Waals surface area contributed by atoms with E-state index in [0.717, 1.165) is 70.6 Å². The Morgan fingerprint density at radius 2 is 0.439 bits per heavy atom. The van der Waals surface area contributed by atoms with Gasteiger partial charge in [0.05, 0.1) is 0 Å². The van der Waals surface area contributed by atoms with Crippen molar-refractivity contribution in [3.8, 4) is 0 Å². The Bertz CT molecular complexity index is 1370. The van der Waals surface area contributed by atoms with E-state index in [9.17, 15) is 14.4 Å². The molecule has 0 saturated carbocycles. The number of carbonyl (C=O) groups excluding carboxylic acids is 3. The van der Waals surface area contributed by atoms with Crippen LogP contribution >= 0.6 is 0 Å². The number of allylic oxidation sites excluding steroid dienone is 6. The monoisotopic (exact) mass is 1150 g/mol. The van der Waals surface area contributed by atoms with Crippen LogP contribution in [-0.4, -0.2) is 37.2 Å². The molecule has 0 N–H and O–H groups in total. The van der Waals surface area contributed by atoms with Crippen LogP contribution in [0.4, 0.5) is 0 Å². The van der Waals surface area contributed by atoms with Crippen LogP contribution in [0.2, 0.25) is 0 Å². The fourth-order valence-electron chi connectivity index (χ4n) is 11.3. The van der Waals surface area contributed by atoms with Gasteiger partial charge in [-0.1, -0.05) is 372 Å². The zero-order valence-corrected chi connectivity index (χ0v) is 55.5. The standard InChI is InChI=1S/C76H142O6/c1-4-7-10-13-16-19-22-25-27-29-31-33-35-37-38-39-41-42-44-46-48-51-54-57-60-63-66-69-75(78)81-72-73(71-80-74(77)68-65-62-59-56-53-50-24-21-18-15-12-9-6-3)82-76(79)70-67-64-61-58-55-52-49-47-45-43-40-36-34-32-30-28-26-23-20-17-14-11-8-5-2/h22,25,29,31,35,37,73H,4-21,23-24,26-28,30,32-34,36,38-72H2,1-3H3/b25-22-,31-29-,37-35-. The van der Waals surface area contributed by atoms with Crippen molar-refractivity contribution in [3.63, 3.8) is 0 Å². The normalized spacial score (nSPS) is 12.2. The first-order chi connectivity index (χ1) is 40.5. The minimum atomic E-state index is -0.770. The van der Waals surface area contributed by atoms with E-state index in [1.807, 2.05) is 0 Å². The number of hydrogen-bond donors (Lipinski definition) is 0. The highest BCUT2D eigenvalue weighted by atomic mass is 16.6. The van der Waals surface area contributed by atoms with E-state index in [2.05, 4.69) is 57.2 Å². The molecule has 6 heteroatoms. The van der Waals surface area contributed by atoms with Gasteiger partial charge in [0, 0.05) is 19.3 Å². The van der Waals surface area contributed by atoms with Crippen molar-refractivity contribution in [2.24, 2.45) is 0 Å². The predicted molar refractivity (Wildman–Crippen MR) is 358 cm³/mol. The Hall–Kier alpha value is -2.37. The molecule has 482 valence electrons. The van der Waals surface area contributed by atoms with E-state index in [0.29, 0.717) is 19.3 Å². The molecular formula is C76H142O6. The van der Waals surface area contributed by atoms with Crippen LogP contribution in [0.1, 0.15) is 412 Å². The van der Waals surface area contributed by atoms with Crippen LogP contribution < -0.4 is 0 Å². The van der Waals surface area contributed by atoms with Crippen LogP contribution in [0.3, 0.4) is 0 Å². The lowest BCUT2D eigenvalue weighted by Gasteiger charge is -2.18. The number of ether oxygens (including phenoxy) is 3. The smallest absolute Gasteiger partial charge is 0.306 e. The van der Waals surface area contributed by atoms with Crippen LogP contribution in [0.25, 0.3) is 0 Å². The fourth-order valence-corrected chi connectivity index (χ4v) is 11.3. The van der Waals surface area contributed by atoms with Crippen molar-refractivity contribution in [1.82, 2.24) is 0 Å². The van der Waals surface area contributed by atoms with Crippen molar-refractivity contribution in [1.29, 1.82) is 0 Å². The summed E-state index contributed by atoms with van der Waals surface area (Å²) < 4.78 is 17.0. The highest BCUT2D eigenvalue weighted by Gasteiger charge is 2.20. The van der Waals surface area contributed by atoms with Gasteiger partial charge in [0.25, 0.3) is 0 Å². The minimum absolute atomic E-state index is 0.0658. The molecule has 0 amide bonds. The first-order valence-corrected chi connectivity index (χ1v) is 37.0. The minimum Gasteiger partial charge on any atom is -0.462 e. The number of hydrogen-bond acceptors (Lipinski definition) is 6. The van der Waals surface area contributed by atoms with Gasteiger partial charge >= 0.3 is 17.9 Å². The van der Waals surface area contributed by atoms with Crippen LogP contribution in [0.15, 0.2) is 36.5 Å². The Labute approximate surface area is 512 Å². The molecule has 1 atom stereocenters. The van der Waals surface area contributed by atoms with Gasteiger partial charge in [0.15, 0.2) is 6.10 Å². The van der Waals surface area contributed by atoms with Crippen LogP contribution in [0, 0.1) is 0 Å². The summed E-state index contributed by atoms with van der Waals surface area (Å²) in [5, 5.41) is 0. The van der Waals surface area contributed by atoms with E-state index in [1.54, 1.807) is 0 Å². The summed E-state index contributed by atoms with van der Waals surface area (Å²) in [5.74, 6) is -0.835. The molecule has 6 nitrogen and oxygen atoms in total. The van der Waals surface area contributed by atoms with E-state index in [-0.39, 0.29) is 31.1 Å². The molecule has 0 rings (SSSR count). The fraction of sp³-hybridized carbons (Fsp3) is 0.882. The summed E-state index contributed by atoms with van der Waals surface area (Å²) >= 11 is 0. The highest BCUT2D eigenvalue weighted by Crippen LogP contribution is 2.19. The summed E-state index contributed by atoms with van der Waals surface area (Å²) in [4.78, 5) is 38.5. The number of carbonyl (C=O) groups is 3. The summed E-state index contributed by atoms with van der Waals surface area (Å²) in [6.07, 6.45) is 89.0. The van der Waals surface area contributed by atoms with E-state index >= 15 is 0 Å². The molecule has 0 spiro atoms. The summed E-state index contributed by atoms with van der Waals surface area (Å²) in [7, 11) is 0. The summed E-state index contributed by atoms with van der Waals surface area (Å²) in [5.41, 5.74) is 0. The van der Waals surface area contributed by atoms with Crippen molar-refractivity contribution >= 4 is 17.9 Å². The molecule has 0 saturated heterocycles. The second kappa shape index (κ2) is 71.1. The predicted octanol–water partition coefficient (Wildman–Crippen LogP) is 25.5. The lowest BCUT2D eigenvalue weighted by molar-refractivity contribution is -0.167. The molecule has 0 heterocycles. The molecule has 0 fully saturated rings. The number of unbranched alkanes of at least 4 members (excludes halogenated alkanes) is 52. The van der Waals surface area contributed by atoms with Gasteiger partial charge in [-0.25, -0.2) is 0 Å². The quantitative estimate of drug-likeness (QED) is 0.0261. The third-order valence-electron chi connectivity index (χ3n) is 16.9.